The van der Waals surface area contributed by atoms with E-state index in [0.717, 1.165) is 42.2 Å². The SMILES string of the molecule is CN=C(NCCCc1nc2ccccc2[nH]1)NC(C)C. The van der Waals surface area contributed by atoms with Crippen LogP contribution in [0, 0.1) is 0 Å². The zero-order valence-electron chi connectivity index (χ0n) is 12.4. The van der Waals surface area contributed by atoms with Gasteiger partial charge >= 0.3 is 0 Å². The molecule has 2 aromatic rings. The summed E-state index contributed by atoms with van der Waals surface area (Å²) in [5.41, 5.74) is 2.14. The number of aliphatic imine (C=N–C) groups is 1. The van der Waals surface area contributed by atoms with Crippen LogP contribution in [-0.4, -0.2) is 35.6 Å². The first-order chi connectivity index (χ1) is 9.69. The third kappa shape index (κ3) is 3.98. The maximum absolute atomic E-state index is 4.57. The third-order valence-corrected chi connectivity index (χ3v) is 2.97. The van der Waals surface area contributed by atoms with Crippen LogP contribution in [0.1, 0.15) is 26.1 Å². The Bertz CT molecular complexity index is 537. The fourth-order valence-corrected chi connectivity index (χ4v) is 2.05. The molecule has 0 saturated heterocycles. The molecule has 3 N–H and O–H groups in total. The van der Waals surface area contributed by atoms with Crippen molar-refractivity contribution in [3.05, 3.63) is 30.1 Å². The van der Waals surface area contributed by atoms with Gasteiger partial charge in [0, 0.05) is 26.1 Å². The molecule has 2 rings (SSSR count). The first kappa shape index (κ1) is 14.4. The summed E-state index contributed by atoms with van der Waals surface area (Å²) >= 11 is 0. The lowest BCUT2D eigenvalue weighted by molar-refractivity contribution is 0.681. The molecule has 0 bridgehead atoms. The van der Waals surface area contributed by atoms with Crippen molar-refractivity contribution < 1.29 is 0 Å². The molecule has 108 valence electrons. The second kappa shape index (κ2) is 6.93. The van der Waals surface area contributed by atoms with E-state index >= 15 is 0 Å². The summed E-state index contributed by atoms with van der Waals surface area (Å²) in [4.78, 5) is 12.1. The van der Waals surface area contributed by atoms with E-state index in [9.17, 15) is 0 Å². The highest BCUT2D eigenvalue weighted by atomic mass is 15.2. The Balaban J connectivity index is 1.78. The molecule has 1 aromatic carbocycles. The number of para-hydroxylation sites is 2. The number of hydrogen-bond donors (Lipinski definition) is 3. The standard InChI is InChI=1S/C15H23N5/c1-11(2)18-15(16-3)17-10-6-9-14-19-12-7-4-5-8-13(12)20-14/h4-5,7-8,11H,6,9-10H2,1-3H3,(H,19,20)(H2,16,17,18). The Morgan fingerprint density at radius 3 is 2.85 bits per heavy atom. The van der Waals surface area contributed by atoms with Gasteiger partial charge in [-0.1, -0.05) is 12.1 Å². The van der Waals surface area contributed by atoms with Crippen LogP contribution >= 0.6 is 0 Å². The molecule has 0 amide bonds. The second-order valence-electron chi connectivity index (χ2n) is 5.10. The highest BCUT2D eigenvalue weighted by Gasteiger charge is 2.02. The number of benzene rings is 1. The largest absolute Gasteiger partial charge is 0.356 e. The van der Waals surface area contributed by atoms with E-state index in [1.54, 1.807) is 7.05 Å². The molecular formula is C15H23N5. The number of aromatic nitrogens is 2. The van der Waals surface area contributed by atoms with Gasteiger partial charge in [0.15, 0.2) is 5.96 Å². The van der Waals surface area contributed by atoms with Crippen molar-refractivity contribution >= 4 is 17.0 Å². The van der Waals surface area contributed by atoms with Gasteiger partial charge in [-0.3, -0.25) is 4.99 Å². The summed E-state index contributed by atoms with van der Waals surface area (Å²) in [5.74, 6) is 1.89. The molecule has 0 fully saturated rings. The van der Waals surface area contributed by atoms with Crippen molar-refractivity contribution in [2.24, 2.45) is 4.99 Å². The maximum atomic E-state index is 4.57. The monoisotopic (exact) mass is 273 g/mol. The molecule has 20 heavy (non-hydrogen) atoms. The van der Waals surface area contributed by atoms with Crippen LogP contribution in [0.5, 0.6) is 0 Å². The molecule has 0 aliphatic rings. The minimum absolute atomic E-state index is 0.386. The molecule has 0 unspecified atom stereocenters. The van der Waals surface area contributed by atoms with E-state index in [2.05, 4.69) is 45.5 Å². The molecular weight excluding hydrogens is 250 g/mol. The second-order valence-corrected chi connectivity index (χ2v) is 5.10. The van der Waals surface area contributed by atoms with Crippen molar-refractivity contribution in [2.75, 3.05) is 13.6 Å². The number of rotatable bonds is 5. The number of aryl methyl sites for hydroxylation is 1. The predicted molar refractivity (Wildman–Crippen MR) is 84.0 cm³/mol. The molecule has 0 radical (unpaired) electrons. The van der Waals surface area contributed by atoms with E-state index in [0.29, 0.717) is 6.04 Å². The Kier molecular flexibility index (Phi) is 4.98. The molecule has 0 aliphatic heterocycles. The molecule has 1 aromatic heterocycles. The number of nitrogens with zero attached hydrogens (tertiary/aromatic N) is 2. The third-order valence-electron chi connectivity index (χ3n) is 2.97. The van der Waals surface area contributed by atoms with Gasteiger partial charge in [-0.05, 0) is 32.4 Å². The van der Waals surface area contributed by atoms with E-state index in [4.69, 9.17) is 0 Å². The molecule has 0 aliphatic carbocycles. The summed E-state index contributed by atoms with van der Waals surface area (Å²) in [6, 6.07) is 8.50. The van der Waals surface area contributed by atoms with Crippen LogP contribution in [0.15, 0.2) is 29.3 Å². The van der Waals surface area contributed by atoms with Gasteiger partial charge in [0.05, 0.1) is 11.0 Å². The summed E-state index contributed by atoms with van der Waals surface area (Å²) in [7, 11) is 1.79. The van der Waals surface area contributed by atoms with Crippen LogP contribution in [0.4, 0.5) is 0 Å². The fourth-order valence-electron chi connectivity index (χ4n) is 2.05. The zero-order valence-corrected chi connectivity index (χ0v) is 12.4. The van der Waals surface area contributed by atoms with Gasteiger partial charge in [0.25, 0.3) is 0 Å². The lowest BCUT2D eigenvalue weighted by Gasteiger charge is -2.13. The first-order valence-corrected chi connectivity index (χ1v) is 7.10. The molecule has 0 atom stereocenters. The van der Waals surface area contributed by atoms with Crippen molar-refractivity contribution in [1.82, 2.24) is 20.6 Å². The van der Waals surface area contributed by atoms with Crippen LogP contribution in [0.25, 0.3) is 11.0 Å². The molecule has 1 heterocycles. The van der Waals surface area contributed by atoms with Gasteiger partial charge < -0.3 is 15.6 Å². The lowest BCUT2D eigenvalue weighted by Crippen LogP contribution is -2.41. The number of nitrogens with one attached hydrogen (secondary N) is 3. The number of hydrogen-bond acceptors (Lipinski definition) is 2. The number of aromatic amines is 1. The van der Waals surface area contributed by atoms with Crippen molar-refractivity contribution in [1.29, 1.82) is 0 Å². The minimum atomic E-state index is 0.386. The summed E-state index contributed by atoms with van der Waals surface area (Å²) < 4.78 is 0. The molecule has 0 saturated carbocycles. The van der Waals surface area contributed by atoms with Crippen LogP contribution in [0.2, 0.25) is 0 Å². The molecule has 0 spiro atoms. The van der Waals surface area contributed by atoms with Crippen molar-refractivity contribution in [3.8, 4) is 0 Å². The average molecular weight is 273 g/mol. The van der Waals surface area contributed by atoms with E-state index in [1.807, 2.05) is 18.2 Å². The first-order valence-electron chi connectivity index (χ1n) is 7.10. The summed E-state index contributed by atoms with van der Waals surface area (Å²) in [5, 5.41) is 6.57. The Morgan fingerprint density at radius 1 is 1.35 bits per heavy atom. The van der Waals surface area contributed by atoms with E-state index in [1.165, 1.54) is 0 Å². The minimum Gasteiger partial charge on any atom is -0.356 e. The number of imidazole rings is 1. The van der Waals surface area contributed by atoms with E-state index in [-0.39, 0.29) is 0 Å². The van der Waals surface area contributed by atoms with Gasteiger partial charge in [-0.25, -0.2) is 4.98 Å². The lowest BCUT2D eigenvalue weighted by atomic mass is 10.3. The summed E-state index contributed by atoms with van der Waals surface area (Å²) in [6.45, 7) is 5.08. The highest BCUT2D eigenvalue weighted by Crippen LogP contribution is 2.10. The van der Waals surface area contributed by atoms with Gasteiger partial charge in [0.2, 0.25) is 0 Å². The Hall–Kier alpha value is -2.04. The maximum Gasteiger partial charge on any atom is 0.191 e. The smallest absolute Gasteiger partial charge is 0.191 e. The Morgan fingerprint density at radius 2 is 2.15 bits per heavy atom. The van der Waals surface area contributed by atoms with Crippen LogP contribution < -0.4 is 10.6 Å². The quantitative estimate of drug-likeness (QED) is 0.444. The van der Waals surface area contributed by atoms with Crippen molar-refractivity contribution in [2.45, 2.75) is 32.7 Å². The fraction of sp³-hybridized carbons (Fsp3) is 0.467. The zero-order chi connectivity index (χ0) is 14.4. The average Bonchev–Trinajstić information content (AvgIpc) is 2.84. The number of guanidine groups is 1. The predicted octanol–water partition coefficient (Wildman–Crippen LogP) is 2.07. The molecule has 5 heteroatoms. The van der Waals surface area contributed by atoms with Crippen molar-refractivity contribution in [3.63, 3.8) is 0 Å². The normalized spacial score (nSPS) is 12.1. The number of H-pyrrole nitrogens is 1. The van der Waals surface area contributed by atoms with Crippen LogP contribution in [0.3, 0.4) is 0 Å². The van der Waals surface area contributed by atoms with E-state index < -0.39 is 0 Å². The number of fused-ring (bicyclic) bond motifs is 1. The topological polar surface area (TPSA) is 65.1 Å². The molecule has 5 nitrogen and oxygen atoms in total. The highest BCUT2D eigenvalue weighted by molar-refractivity contribution is 5.79. The van der Waals surface area contributed by atoms with Gasteiger partial charge in [0.1, 0.15) is 5.82 Å². The Labute approximate surface area is 119 Å². The van der Waals surface area contributed by atoms with Gasteiger partial charge in [-0.15, -0.1) is 0 Å². The summed E-state index contributed by atoms with van der Waals surface area (Å²) in [6.07, 6.45) is 1.94. The van der Waals surface area contributed by atoms with Crippen LogP contribution in [-0.2, 0) is 6.42 Å². The van der Waals surface area contributed by atoms with Gasteiger partial charge in [-0.2, -0.15) is 0 Å².